The van der Waals surface area contributed by atoms with Gasteiger partial charge in [-0.3, -0.25) is 4.79 Å². The molecule has 0 saturated carbocycles. The normalized spacial score (nSPS) is 15.9. The number of aromatic nitrogens is 3. The molecule has 0 bridgehead atoms. The number of amides is 1. The smallest absolute Gasteiger partial charge is 0.227 e. The van der Waals surface area contributed by atoms with Crippen LogP contribution in [0.2, 0.25) is 0 Å². The number of halogens is 1. The summed E-state index contributed by atoms with van der Waals surface area (Å²) in [6.07, 6.45) is 1.77. The summed E-state index contributed by atoms with van der Waals surface area (Å²) in [5.74, 6) is 0.483. The van der Waals surface area contributed by atoms with Crippen LogP contribution in [0.5, 0.6) is 5.75 Å². The number of benzene rings is 2. The average molecular weight is 394 g/mol. The number of nitrogens with zero attached hydrogens (tertiary/aromatic N) is 4. The number of hydrogen-bond donors (Lipinski definition) is 1. The zero-order valence-electron chi connectivity index (χ0n) is 16.3. The molecule has 2 aromatic carbocycles. The quantitative estimate of drug-likeness (QED) is 0.722. The van der Waals surface area contributed by atoms with Gasteiger partial charge in [0.1, 0.15) is 5.82 Å². The van der Waals surface area contributed by atoms with Gasteiger partial charge in [0.15, 0.2) is 17.4 Å². The van der Waals surface area contributed by atoms with E-state index in [1.165, 1.54) is 17.7 Å². The second-order valence-electron chi connectivity index (χ2n) is 7.47. The Morgan fingerprint density at radius 1 is 1.14 bits per heavy atom. The monoisotopic (exact) mass is 394 g/mol. The Kier molecular flexibility index (Phi) is 5.29. The minimum absolute atomic E-state index is 0.0695. The molecule has 1 amide bonds. The number of hydrogen-bond acceptors (Lipinski definition) is 4. The lowest BCUT2D eigenvalue weighted by Crippen LogP contribution is -2.41. The highest BCUT2D eigenvalue weighted by Crippen LogP contribution is 2.24. The molecule has 2 heterocycles. The summed E-state index contributed by atoms with van der Waals surface area (Å²) < 4.78 is 15.7. The third-order valence-corrected chi connectivity index (χ3v) is 5.29. The predicted molar refractivity (Wildman–Crippen MR) is 106 cm³/mol. The van der Waals surface area contributed by atoms with Gasteiger partial charge in [-0.15, -0.1) is 10.2 Å². The second-order valence-corrected chi connectivity index (χ2v) is 7.47. The van der Waals surface area contributed by atoms with Crippen molar-refractivity contribution in [3.05, 3.63) is 77.1 Å². The Morgan fingerprint density at radius 2 is 1.93 bits per heavy atom. The first-order valence-corrected chi connectivity index (χ1v) is 9.73. The van der Waals surface area contributed by atoms with E-state index in [1.807, 2.05) is 18.2 Å². The summed E-state index contributed by atoms with van der Waals surface area (Å²) in [6, 6.07) is 14.4. The minimum atomic E-state index is -0.717. The van der Waals surface area contributed by atoms with Crippen molar-refractivity contribution in [2.45, 2.75) is 38.8 Å². The molecule has 0 unspecified atom stereocenters. The first-order chi connectivity index (χ1) is 14.0. The number of carbonyl (C=O) groups is 1. The van der Waals surface area contributed by atoms with Gasteiger partial charge >= 0.3 is 0 Å². The van der Waals surface area contributed by atoms with Crippen LogP contribution in [0.3, 0.4) is 0 Å². The van der Waals surface area contributed by atoms with E-state index < -0.39 is 11.6 Å². The Labute approximate surface area is 168 Å². The first-order valence-electron chi connectivity index (χ1n) is 9.73. The fourth-order valence-electron chi connectivity index (χ4n) is 3.82. The van der Waals surface area contributed by atoms with E-state index in [4.69, 9.17) is 0 Å². The number of aryl methyl sites for hydroxylation is 2. The Bertz CT molecular complexity index is 1020. The summed E-state index contributed by atoms with van der Waals surface area (Å²) >= 11 is 0. The summed E-state index contributed by atoms with van der Waals surface area (Å²) in [5.41, 5.74) is 1.79. The highest BCUT2D eigenvalue weighted by molar-refractivity contribution is 5.79. The van der Waals surface area contributed by atoms with Crippen molar-refractivity contribution in [2.24, 2.45) is 0 Å². The Balaban J connectivity index is 1.44. The van der Waals surface area contributed by atoms with Crippen LogP contribution in [0.1, 0.15) is 35.7 Å². The number of carbonyl (C=O) groups excluding carboxylic acids is 1. The van der Waals surface area contributed by atoms with Gasteiger partial charge in [-0.2, -0.15) is 0 Å². The van der Waals surface area contributed by atoms with Crippen molar-refractivity contribution in [3.63, 3.8) is 0 Å². The van der Waals surface area contributed by atoms with Crippen LogP contribution in [0.4, 0.5) is 4.39 Å². The summed E-state index contributed by atoms with van der Waals surface area (Å²) in [7, 11) is 0. The molecule has 1 aliphatic heterocycles. The van der Waals surface area contributed by atoms with E-state index in [2.05, 4.69) is 33.8 Å². The van der Waals surface area contributed by atoms with Crippen molar-refractivity contribution in [3.8, 4) is 5.75 Å². The molecule has 6 nitrogen and oxygen atoms in total. The molecule has 4 rings (SSSR count). The lowest BCUT2D eigenvalue weighted by molar-refractivity contribution is -0.132. The van der Waals surface area contributed by atoms with Crippen LogP contribution in [-0.4, -0.2) is 37.2 Å². The molecule has 1 atom stereocenters. The molecule has 0 spiro atoms. The van der Waals surface area contributed by atoms with E-state index in [1.54, 1.807) is 11.0 Å². The lowest BCUT2D eigenvalue weighted by atomic mass is 10.1. The largest absolute Gasteiger partial charge is 0.505 e. The van der Waals surface area contributed by atoms with E-state index in [-0.39, 0.29) is 18.4 Å². The predicted octanol–water partition coefficient (Wildman–Crippen LogP) is 3.05. The van der Waals surface area contributed by atoms with Crippen LogP contribution < -0.4 is 0 Å². The van der Waals surface area contributed by atoms with Crippen LogP contribution in [0.25, 0.3) is 0 Å². The number of phenols is 1. The lowest BCUT2D eigenvalue weighted by Gasteiger charge is -2.32. The topological polar surface area (TPSA) is 71.2 Å². The van der Waals surface area contributed by atoms with E-state index in [0.29, 0.717) is 18.7 Å². The third-order valence-electron chi connectivity index (χ3n) is 5.29. The van der Waals surface area contributed by atoms with Crippen molar-refractivity contribution in [2.75, 3.05) is 6.54 Å². The van der Waals surface area contributed by atoms with Crippen LogP contribution in [0.15, 0.2) is 48.5 Å². The molecule has 1 N–H and O–H groups in total. The fraction of sp³-hybridized carbons (Fsp3) is 0.318. The minimum Gasteiger partial charge on any atom is -0.505 e. The van der Waals surface area contributed by atoms with Gasteiger partial charge in [0, 0.05) is 13.0 Å². The van der Waals surface area contributed by atoms with Crippen LogP contribution in [0, 0.1) is 5.82 Å². The van der Waals surface area contributed by atoms with Crippen LogP contribution in [-0.2, 0) is 30.6 Å². The molecule has 3 aromatic rings. The summed E-state index contributed by atoms with van der Waals surface area (Å²) in [5, 5.41) is 18.0. The summed E-state index contributed by atoms with van der Waals surface area (Å²) in [6.45, 7) is 3.00. The third kappa shape index (κ3) is 4.13. The van der Waals surface area contributed by atoms with Crippen molar-refractivity contribution >= 4 is 5.91 Å². The maximum absolute atomic E-state index is 13.5. The number of aromatic hydroxyl groups is 1. The van der Waals surface area contributed by atoms with Crippen molar-refractivity contribution in [1.82, 2.24) is 19.7 Å². The molecule has 0 fully saturated rings. The molecular formula is C22H23FN4O2. The molecule has 0 aliphatic carbocycles. The summed E-state index contributed by atoms with van der Waals surface area (Å²) in [4.78, 5) is 14.5. The highest BCUT2D eigenvalue weighted by atomic mass is 19.1. The van der Waals surface area contributed by atoms with Crippen molar-refractivity contribution in [1.29, 1.82) is 0 Å². The van der Waals surface area contributed by atoms with Gasteiger partial charge in [-0.1, -0.05) is 36.4 Å². The number of rotatable bonds is 5. The van der Waals surface area contributed by atoms with Crippen molar-refractivity contribution < 1.29 is 14.3 Å². The van der Waals surface area contributed by atoms with Gasteiger partial charge in [0.05, 0.1) is 19.0 Å². The molecule has 0 saturated heterocycles. The number of phenolic OH excluding ortho intramolecular Hbond substituents is 1. The Morgan fingerprint density at radius 3 is 2.69 bits per heavy atom. The standard InChI is InChI=1S/C22H23FN4O2/c1-15-13-26(22(29)12-17-7-9-19(28)18(23)11-17)14-21-25-24-20(27(15)21)10-8-16-5-3-2-4-6-16/h2-7,9,11,15,28H,8,10,12-14H2,1H3/t15-/m0/s1. The Hall–Kier alpha value is -3.22. The van der Waals surface area contributed by atoms with E-state index in [9.17, 15) is 14.3 Å². The highest BCUT2D eigenvalue weighted by Gasteiger charge is 2.29. The van der Waals surface area contributed by atoms with E-state index in [0.717, 1.165) is 24.5 Å². The van der Waals surface area contributed by atoms with Gasteiger partial charge in [0.2, 0.25) is 5.91 Å². The maximum Gasteiger partial charge on any atom is 0.227 e. The molecule has 29 heavy (non-hydrogen) atoms. The molecule has 1 aliphatic rings. The van der Waals surface area contributed by atoms with Gasteiger partial charge in [-0.05, 0) is 36.6 Å². The maximum atomic E-state index is 13.5. The average Bonchev–Trinajstić information content (AvgIpc) is 3.13. The van der Waals surface area contributed by atoms with Gasteiger partial charge < -0.3 is 14.6 Å². The second kappa shape index (κ2) is 8.03. The zero-order valence-corrected chi connectivity index (χ0v) is 16.3. The fourth-order valence-corrected chi connectivity index (χ4v) is 3.82. The molecular weight excluding hydrogens is 371 g/mol. The molecule has 150 valence electrons. The van der Waals surface area contributed by atoms with Gasteiger partial charge in [-0.25, -0.2) is 4.39 Å². The number of fused-ring (bicyclic) bond motifs is 1. The SMILES string of the molecule is C[C@H]1CN(C(=O)Cc2ccc(O)c(F)c2)Cc2nnc(CCc3ccccc3)n21. The molecule has 0 radical (unpaired) electrons. The first kappa shape index (κ1) is 19.1. The molecule has 1 aromatic heterocycles. The van der Waals surface area contributed by atoms with Gasteiger partial charge in [0.25, 0.3) is 0 Å². The van der Waals surface area contributed by atoms with Crippen LogP contribution >= 0.6 is 0 Å². The molecule has 7 heteroatoms. The zero-order chi connectivity index (χ0) is 20.4. The van der Waals surface area contributed by atoms with E-state index >= 15 is 0 Å².